The van der Waals surface area contributed by atoms with Crippen molar-refractivity contribution in [2.75, 3.05) is 7.05 Å². The second-order valence-electron chi connectivity index (χ2n) is 5.28. The molecule has 0 fully saturated rings. The van der Waals surface area contributed by atoms with Gasteiger partial charge in [-0.15, -0.1) is 0 Å². The van der Waals surface area contributed by atoms with Gasteiger partial charge in [0.1, 0.15) is 5.92 Å². The lowest BCUT2D eigenvalue weighted by Gasteiger charge is -2.44. The molecule has 1 heterocycles. The van der Waals surface area contributed by atoms with Crippen molar-refractivity contribution in [2.45, 2.75) is 19.4 Å². The molecule has 0 aromatic heterocycles. The number of carboxylic acids is 1. The van der Waals surface area contributed by atoms with Gasteiger partial charge in [0.25, 0.3) is 0 Å². The van der Waals surface area contributed by atoms with Gasteiger partial charge in [-0.3, -0.25) is 9.59 Å². The summed E-state index contributed by atoms with van der Waals surface area (Å²) in [5.74, 6) is -2.47. The number of hydrogen-bond acceptors (Lipinski definition) is 3. The second-order valence-corrected chi connectivity index (χ2v) is 5.28. The Labute approximate surface area is 112 Å². The SMILES string of the molecule is CN1C(c2ccccc2)=CC(=O)C(C(=O)O)C1(C)C. The molecule has 1 aliphatic heterocycles. The maximum Gasteiger partial charge on any atom is 0.316 e. The van der Waals surface area contributed by atoms with Crippen molar-refractivity contribution in [3.8, 4) is 0 Å². The lowest BCUT2D eigenvalue weighted by molar-refractivity contribution is -0.150. The zero-order valence-electron chi connectivity index (χ0n) is 11.3. The van der Waals surface area contributed by atoms with Crippen LogP contribution in [0.1, 0.15) is 19.4 Å². The summed E-state index contributed by atoms with van der Waals surface area (Å²) in [7, 11) is 1.82. The lowest BCUT2D eigenvalue weighted by Crippen LogP contribution is -2.54. The number of nitrogens with zero attached hydrogens (tertiary/aromatic N) is 1. The van der Waals surface area contributed by atoms with Crippen molar-refractivity contribution >= 4 is 17.4 Å². The van der Waals surface area contributed by atoms with Gasteiger partial charge in [0, 0.05) is 18.8 Å². The van der Waals surface area contributed by atoms with E-state index in [9.17, 15) is 14.7 Å². The number of carbonyl (C=O) groups excluding carboxylic acids is 1. The standard InChI is InChI=1S/C15H17NO3/c1-15(2)13(14(18)19)12(17)9-11(16(15)3)10-7-5-4-6-8-10/h4-9,13H,1-3H3,(H,18,19). The summed E-state index contributed by atoms with van der Waals surface area (Å²) in [6, 6.07) is 9.51. The van der Waals surface area contributed by atoms with E-state index in [1.807, 2.05) is 42.3 Å². The molecular formula is C15H17NO3. The van der Waals surface area contributed by atoms with Crippen molar-refractivity contribution < 1.29 is 14.7 Å². The van der Waals surface area contributed by atoms with E-state index >= 15 is 0 Å². The highest BCUT2D eigenvalue weighted by Crippen LogP contribution is 2.36. The predicted molar refractivity (Wildman–Crippen MR) is 72.4 cm³/mol. The Kier molecular flexibility index (Phi) is 3.18. The van der Waals surface area contributed by atoms with Crippen LogP contribution >= 0.6 is 0 Å². The Morgan fingerprint density at radius 2 is 1.84 bits per heavy atom. The number of rotatable bonds is 2. The largest absolute Gasteiger partial charge is 0.481 e. The summed E-state index contributed by atoms with van der Waals surface area (Å²) in [4.78, 5) is 25.3. The third-order valence-electron chi connectivity index (χ3n) is 3.81. The maximum atomic E-state index is 12.1. The molecule has 1 unspecified atom stereocenters. The van der Waals surface area contributed by atoms with E-state index in [2.05, 4.69) is 0 Å². The van der Waals surface area contributed by atoms with Crippen LogP contribution in [0.25, 0.3) is 5.70 Å². The van der Waals surface area contributed by atoms with Crippen molar-refractivity contribution in [3.63, 3.8) is 0 Å². The van der Waals surface area contributed by atoms with Gasteiger partial charge in [-0.25, -0.2) is 0 Å². The Morgan fingerprint density at radius 1 is 1.26 bits per heavy atom. The van der Waals surface area contributed by atoms with Gasteiger partial charge in [-0.1, -0.05) is 30.3 Å². The van der Waals surface area contributed by atoms with Crippen LogP contribution in [0.4, 0.5) is 0 Å². The van der Waals surface area contributed by atoms with Crippen LogP contribution in [0.2, 0.25) is 0 Å². The first-order valence-electron chi connectivity index (χ1n) is 6.13. The molecule has 0 radical (unpaired) electrons. The zero-order valence-corrected chi connectivity index (χ0v) is 11.3. The van der Waals surface area contributed by atoms with Crippen molar-refractivity contribution in [3.05, 3.63) is 42.0 Å². The number of carboxylic acid groups (broad SMARTS) is 1. The van der Waals surface area contributed by atoms with Gasteiger partial charge in [-0.2, -0.15) is 0 Å². The van der Waals surface area contributed by atoms with Gasteiger partial charge in [0.05, 0.1) is 5.54 Å². The van der Waals surface area contributed by atoms with Crippen LogP contribution in [-0.2, 0) is 9.59 Å². The summed E-state index contributed by atoms with van der Waals surface area (Å²) in [5, 5.41) is 9.24. The van der Waals surface area contributed by atoms with Gasteiger partial charge in [0.2, 0.25) is 0 Å². The fraction of sp³-hybridized carbons (Fsp3) is 0.333. The van der Waals surface area contributed by atoms with Crippen LogP contribution in [-0.4, -0.2) is 34.3 Å². The normalized spacial score (nSPS) is 22.1. The first kappa shape index (κ1) is 13.3. The highest BCUT2D eigenvalue weighted by Gasteiger charge is 2.46. The summed E-state index contributed by atoms with van der Waals surface area (Å²) in [5.41, 5.74) is 0.909. The van der Waals surface area contributed by atoms with Gasteiger partial charge in [0.15, 0.2) is 5.78 Å². The topological polar surface area (TPSA) is 57.6 Å². The van der Waals surface area contributed by atoms with Crippen molar-refractivity contribution in [1.29, 1.82) is 0 Å². The number of hydrogen-bond donors (Lipinski definition) is 1. The molecule has 100 valence electrons. The smallest absolute Gasteiger partial charge is 0.316 e. The van der Waals surface area contributed by atoms with Crippen molar-refractivity contribution in [1.82, 2.24) is 4.90 Å². The third-order valence-corrected chi connectivity index (χ3v) is 3.81. The van der Waals surface area contributed by atoms with Crippen molar-refractivity contribution in [2.24, 2.45) is 5.92 Å². The van der Waals surface area contributed by atoms with E-state index in [1.54, 1.807) is 13.8 Å². The lowest BCUT2D eigenvalue weighted by atomic mass is 9.78. The van der Waals surface area contributed by atoms with Crippen LogP contribution in [0.15, 0.2) is 36.4 Å². The van der Waals surface area contributed by atoms with E-state index in [0.29, 0.717) is 0 Å². The van der Waals surface area contributed by atoms with E-state index < -0.39 is 17.4 Å². The average molecular weight is 259 g/mol. The van der Waals surface area contributed by atoms with E-state index in [1.165, 1.54) is 6.08 Å². The van der Waals surface area contributed by atoms with Gasteiger partial charge < -0.3 is 10.0 Å². The van der Waals surface area contributed by atoms with Gasteiger partial charge >= 0.3 is 5.97 Å². The van der Waals surface area contributed by atoms with Crippen LogP contribution in [0.5, 0.6) is 0 Å². The molecule has 2 rings (SSSR count). The molecule has 1 aliphatic rings. The molecule has 4 nitrogen and oxygen atoms in total. The molecule has 1 atom stereocenters. The molecule has 0 saturated heterocycles. The summed E-state index contributed by atoms with van der Waals surface area (Å²) < 4.78 is 0. The molecule has 4 heteroatoms. The summed E-state index contributed by atoms with van der Waals surface area (Å²) in [6.45, 7) is 3.55. The summed E-state index contributed by atoms with van der Waals surface area (Å²) >= 11 is 0. The predicted octanol–water partition coefficient (Wildman–Crippen LogP) is 2.02. The Hall–Kier alpha value is -2.10. The fourth-order valence-corrected chi connectivity index (χ4v) is 2.48. The number of ketones is 1. The summed E-state index contributed by atoms with van der Waals surface area (Å²) in [6.07, 6.45) is 1.43. The van der Waals surface area contributed by atoms with Gasteiger partial charge in [-0.05, 0) is 19.4 Å². The van der Waals surface area contributed by atoms with Crippen LogP contribution in [0.3, 0.4) is 0 Å². The number of allylic oxidation sites excluding steroid dienone is 1. The molecule has 1 aromatic carbocycles. The highest BCUT2D eigenvalue weighted by atomic mass is 16.4. The van der Waals surface area contributed by atoms with E-state index in [4.69, 9.17) is 0 Å². The molecule has 1 N–H and O–H groups in total. The maximum absolute atomic E-state index is 12.1. The van der Waals surface area contributed by atoms with Crippen LogP contribution in [0, 0.1) is 5.92 Å². The molecule has 1 aromatic rings. The van der Waals surface area contributed by atoms with E-state index in [-0.39, 0.29) is 5.78 Å². The molecule has 0 aliphatic carbocycles. The average Bonchev–Trinajstić information content (AvgIpc) is 2.34. The zero-order chi connectivity index (χ0) is 14.2. The molecule has 0 spiro atoms. The monoisotopic (exact) mass is 259 g/mol. The molecule has 0 amide bonds. The molecule has 0 bridgehead atoms. The molecular weight excluding hydrogens is 242 g/mol. The third kappa shape index (κ3) is 2.14. The Bertz CT molecular complexity index is 546. The Balaban J connectivity index is 2.52. The van der Waals surface area contributed by atoms with E-state index in [0.717, 1.165) is 11.3 Å². The minimum absolute atomic E-state index is 0.352. The minimum atomic E-state index is -1.08. The molecule has 19 heavy (non-hydrogen) atoms. The number of aliphatic carboxylic acids is 1. The molecule has 0 saturated carbocycles. The number of carbonyl (C=O) groups is 2. The van der Waals surface area contributed by atoms with Crippen LogP contribution < -0.4 is 0 Å². The quantitative estimate of drug-likeness (QED) is 0.825. The number of benzene rings is 1. The second kappa shape index (κ2) is 4.53. The fourth-order valence-electron chi connectivity index (χ4n) is 2.48. The Morgan fingerprint density at radius 3 is 2.37 bits per heavy atom. The first-order chi connectivity index (χ1) is 8.85. The highest BCUT2D eigenvalue weighted by molar-refractivity contribution is 6.10. The minimum Gasteiger partial charge on any atom is -0.481 e. The first-order valence-corrected chi connectivity index (χ1v) is 6.13.